The summed E-state index contributed by atoms with van der Waals surface area (Å²) in [7, 11) is 0. The van der Waals surface area contributed by atoms with Crippen molar-refractivity contribution in [3.8, 4) is 0 Å². The van der Waals surface area contributed by atoms with Crippen LogP contribution in [0.4, 0.5) is 0 Å². The number of rotatable bonds is 25. The van der Waals surface area contributed by atoms with E-state index in [4.69, 9.17) is 29.9 Å². The molecule has 0 saturated carbocycles. The van der Waals surface area contributed by atoms with Gasteiger partial charge in [-0.3, -0.25) is 24.0 Å². The average Bonchev–Trinajstić information content (AvgIpc) is 3.02. The predicted octanol–water partition coefficient (Wildman–Crippen LogP) is 4.13. The van der Waals surface area contributed by atoms with Gasteiger partial charge in [0, 0.05) is 38.8 Å². The Hall–Kier alpha value is -3.78. The van der Waals surface area contributed by atoms with Gasteiger partial charge in [0.15, 0.2) is 0 Å². The first-order valence-electron chi connectivity index (χ1n) is 16.0. The molecule has 0 aliphatic heterocycles. The summed E-state index contributed by atoms with van der Waals surface area (Å²) in [6.07, 6.45) is 6.43. The number of hydrogen-bond acceptors (Lipinski definition) is 8. The van der Waals surface area contributed by atoms with Crippen molar-refractivity contribution in [3.05, 3.63) is 25.3 Å². The van der Waals surface area contributed by atoms with Crippen molar-refractivity contribution in [2.75, 3.05) is 26.3 Å². The summed E-state index contributed by atoms with van der Waals surface area (Å²) < 4.78 is 11.1. The van der Waals surface area contributed by atoms with E-state index in [0.717, 1.165) is 6.08 Å². The van der Waals surface area contributed by atoms with Crippen LogP contribution >= 0.6 is 0 Å². The highest BCUT2D eigenvalue weighted by molar-refractivity contribution is 5.86. The SMILES string of the molecule is C=CC(=O)NCCCOC(C)CC(CC)C(=O)O.C=CC(=O)O.CCC(CCC(=O)NCCCOC(C)CC(CC)C(=O)O)C(=O)O. The molecule has 0 aliphatic carbocycles. The van der Waals surface area contributed by atoms with E-state index >= 15 is 0 Å². The molecule has 0 aromatic rings. The van der Waals surface area contributed by atoms with Crippen molar-refractivity contribution >= 4 is 35.7 Å². The third kappa shape index (κ3) is 30.6. The number of amides is 2. The van der Waals surface area contributed by atoms with Crippen LogP contribution < -0.4 is 10.6 Å². The van der Waals surface area contributed by atoms with E-state index in [1.165, 1.54) is 6.08 Å². The third-order valence-electron chi connectivity index (χ3n) is 6.91. The summed E-state index contributed by atoms with van der Waals surface area (Å²) in [5.74, 6) is -4.97. The molecular formula is C33H58N2O12. The van der Waals surface area contributed by atoms with Gasteiger partial charge < -0.3 is 40.5 Å². The molecule has 0 saturated heterocycles. The molecule has 0 aromatic heterocycles. The van der Waals surface area contributed by atoms with Gasteiger partial charge in [-0.2, -0.15) is 0 Å². The van der Waals surface area contributed by atoms with Crippen LogP contribution in [-0.2, 0) is 38.2 Å². The second-order valence-corrected chi connectivity index (χ2v) is 10.8. The first-order chi connectivity index (χ1) is 22.1. The zero-order valence-electron chi connectivity index (χ0n) is 28.7. The molecule has 5 atom stereocenters. The van der Waals surface area contributed by atoms with Gasteiger partial charge >= 0.3 is 23.9 Å². The number of carbonyl (C=O) groups is 6. The molecule has 0 aliphatic rings. The molecular weight excluding hydrogens is 616 g/mol. The molecule has 0 radical (unpaired) electrons. The minimum absolute atomic E-state index is 0.0823. The molecule has 0 fully saturated rings. The lowest BCUT2D eigenvalue weighted by Gasteiger charge is -2.17. The van der Waals surface area contributed by atoms with Crippen LogP contribution in [0.15, 0.2) is 25.3 Å². The van der Waals surface area contributed by atoms with Crippen LogP contribution in [0.2, 0.25) is 0 Å². The summed E-state index contributed by atoms with van der Waals surface area (Å²) in [5, 5.41) is 39.8. The monoisotopic (exact) mass is 674 g/mol. The first kappa shape index (κ1) is 47.6. The molecule has 0 rings (SSSR count). The molecule has 0 bridgehead atoms. The standard InChI is InChI=1S/C17H31NO6.C13H23NO4.C3H4O2/c1-4-13(16(20)21)7-8-15(19)18-9-6-10-24-12(3)11-14(5-2)17(22)23;1-4-11(13(16)17)9-10(3)18-8-6-7-14-12(15)5-2;1-2-3(4)5/h12-14H,4-11H2,1-3H3,(H,18,19)(H,20,21)(H,22,23);5,10-11H,2,4,6-9H2,1,3H3,(H,14,15)(H,16,17);2H,1H2,(H,4,5). The molecule has 47 heavy (non-hydrogen) atoms. The van der Waals surface area contributed by atoms with Gasteiger partial charge in [0.05, 0.1) is 30.0 Å². The minimum Gasteiger partial charge on any atom is -0.481 e. The summed E-state index contributed by atoms with van der Waals surface area (Å²) in [4.78, 5) is 64.4. The van der Waals surface area contributed by atoms with Gasteiger partial charge in [-0.1, -0.05) is 33.9 Å². The van der Waals surface area contributed by atoms with E-state index in [9.17, 15) is 28.8 Å². The maximum absolute atomic E-state index is 11.6. The van der Waals surface area contributed by atoms with Crippen LogP contribution in [-0.4, -0.2) is 94.6 Å². The largest absolute Gasteiger partial charge is 0.481 e. The fraction of sp³-hybridized carbons (Fsp3) is 0.697. The average molecular weight is 675 g/mol. The zero-order chi connectivity index (χ0) is 36.8. The van der Waals surface area contributed by atoms with Crippen molar-refractivity contribution in [3.63, 3.8) is 0 Å². The van der Waals surface area contributed by atoms with Crippen LogP contribution in [0.25, 0.3) is 0 Å². The van der Waals surface area contributed by atoms with Gasteiger partial charge in [-0.15, -0.1) is 0 Å². The van der Waals surface area contributed by atoms with Gasteiger partial charge in [0.25, 0.3) is 0 Å². The maximum Gasteiger partial charge on any atom is 0.327 e. The fourth-order valence-corrected chi connectivity index (χ4v) is 3.94. The summed E-state index contributed by atoms with van der Waals surface area (Å²) >= 11 is 0. The first-order valence-corrected chi connectivity index (χ1v) is 16.0. The summed E-state index contributed by atoms with van der Waals surface area (Å²) in [5.41, 5.74) is 0. The molecule has 6 N–H and O–H groups in total. The Balaban J connectivity index is -0.000000740. The van der Waals surface area contributed by atoms with Crippen molar-refractivity contribution in [1.82, 2.24) is 10.6 Å². The maximum atomic E-state index is 11.6. The fourth-order valence-electron chi connectivity index (χ4n) is 3.94. The Morgan fingerprint density at radius 3 is 1.36 bits per heavy atom. The van der Waals surface area contributed by atoms with Crippen molar-refractivity contribution < 1.29 is 58.7 Å². The van der Waals surface area contributed by atoms with Crippen LogP contribution in [0, 0.1) is 17.8 Å². The number of carbonyl (C=O) groups excluding carboxylic acids is 2. The molecule has 0 heterocycles. The Labute approximate surface area is 279 Å². The number of nitrogens with one attached hydrogen (secondary N) is 2. The predicted molar refractivity (Wildman–Crippen MR) is 177 cm³/mol. The summed E-state index contributed by atoms with van der Waals surface area (Å²) in [6.45, 7) is 17.5. The number of hydrogen-bond donors (Lipinski definition) is 6. The lowest BCUT2D eigenvalue weighted by atomic mass is 10.00. The van der Waals surface area contributed by atoms with E-state index in [1.807, 2.05) is 27.7 Å². The molecule has 2 amide bonds. The number of carboxylic acids is 4. The highest BCUT2D eigenvalue weighted by atomic mass is 16.5. The van der Waals surface area contributed by atoms with E-state index in [2.05, 4.69) is 23.8 Å². The molecule has 14 heteroatoms. The van der Waals surface area contributed by atoms with Crippen LogP contribution in [0.3, 0.4) is 0 Å². The highest BCUT2D eigenvalue weighted by Gasteiger charge is 2.20. The van der Waals surface area contributed by atoms with Crippen molar-refractivity contribution in [2.45, 2.75) is 105 Å². The second-order valence-electron chi connectivity index (χ2n) is 10.8. The normalized spacial score (nSPS) is 13.4. The molecule has 272 valence electrons. The smallest absolute Gasteiger partial charge is 0.327 e. The van der Waals surface area contributed by atoms with Crippen LogP contribution in [0.1, 0.15) is 92.4 Å². The van der Waals surface area contributed by atoms with Crippen molar-refractivity contribution in [2.24, 2.45) is 17.8 Å². The Morgan fingerprint density at radius 1 is 0.660 bits per heavy atom. The van der Waals surface area contributed by atoms with E-state index in [0.29, 0.717) is 77.7 Å². The quantitative estimate of drug-likeness (QED) is 0.0594. The number of aliphatic carboxylic acids is 4. The van der Waals surface area contributed by atoms with Crippen molar-refractivity contribution in [1.29, 1.82) is 0 Å². The Kier molecular flexibility index (Phi) is 31.3. The van der Waals surface area contributed by atoms with E-state index < -0.39 is 29.8 Å². The van der Waals surface area contributed by atoms with Gasteiger partial charge in [-0.25, -0.2) is 4.79 Å². The molecule has 14 nitrogen and oxygen atoms in total. The lowest BCUT2D eigenvalue weighted by Crippen LogP contribution is -2.27. The molecule has 0 spiro atoms. The number of carboxylic acid groups (broad SMARTS) is 4. The Bertz CT molecular complexity index is 941. The second kappa shape index (κ2) is 30.9. The van der Waals surface area contributed by atoms with E-state index in [1.54, 1.807) is 6.92 Å². The van der Waals surface area contributed by atoms with Gasteiger partial charge in [0.2, 0.25) is 11.8 Å². The topological polar surface area (TPSA) is 226 Å². The summed E-state index contributed by atoms with van der Waals surface area (Å²) in [6, 6.07) is 0. The van der Waals surface area contributed by atoms with Gasteiger partial charge in [0.1, 0.15) is 0 Å². The molecule has 0 aromatic carbocycles. The zero-order valence-corrected chi connectivity index (χ0v) is 28.7. The molecule has 5 unspecified atom stereocenters. The lowest BCUT2D eigenvalue weighted by molar-refractivity contribution is -0.144. The Morgan fingerprint density at radius 2 is 1.04 bits per heavy atom. The highest BCUT2D eigenvalue weighted by Crippen LogP contribution is 2.15. The third-order valence-corrected chi connectivity index (χ3v) is 6.91. The minimum atomic E-state index is -0.981. The van der Waals surface area contributed by atoms with E-state index in [-0.39, 0.29) is 42.3 Å². The number of ether oxygens (including phenoxy) is 2. The van der Waals surface area contributed by atoms with Gasteiger partial charge in [-0.05, 0) is 71.3 Å². The van der Waals surface area contributed by atoms with Crippen LogP contribution in [0.5, 0.6) is 0 Å².